The van der Waals surface area contributed by atoms with Gasteiger partial charge in [-0.05, 0) is 84.8 Å². The highest BCUT2D eigenvalue weighted by atomic mass is 127. The molecular weight excluding hydrogens is 613 g/mol. The summed E-state index contributed by atoms with van der Waals surface area (Å²) in [5.74, 6) is 0.228. The normalized spacial score (nSPS) is 15.5. The summed E-state index contributed by atoms with van der Waals surface area (Å²) in [5, 5.41) is 10.7. The molecule has 1 amide bonds. The molecule has 0 spiro atoms. The molecule has 0 fully saturated rings. The number of phenols is 1. The lowest BCUT2D eigenvalue weighted by atomic mass is 9.94. The number of methoxy groups -OCH3 is 1. The highest BCUT2D eigenvalue weighted by Crippen LogP contribution is 2.33. The van der Waals surface area contributed by atoms with Gasteiger partial charge in [-0.3, -0.25) is 14.2 Å². The van der Waals surface area contributed by atoms with Gasteiger partial charge in [-0.2, -0.15) is 0 Å². The van der Waals surface area contributed by atoms with Crippen molar-refractivity contribution in [1.29, 1.82) is 0 Å². The number of carbonyl (C=O) groups is 1. The van der Waals surface area contributed by atoms with Crippen molar-refractivity contribution < 1.29 is 14.6 Å². The first-order valence-corrected chi connectivity index (χ1v) is 13.6. The lowest BCUT2D eigenvalue weighted by Crippen LogP contribution is -2.43. The molecule has 1 aliphatic heterocycles. The first-order chi connectivity index (χ1) is 17.2. The molecule has 0 bridgehead atoms. The summed E-state index contributed by atoms with van der Waals surface area (Å²) in [5.41, 5.74) is 2.29. The van der Waals surface area contributed by atoms with Crippen molar-refractivity contribution in [2.24, 2.45) is 4.99 Å². The molecule has 0 unspecified atom stereocenters. The van der Waals surface area contributed by atoms with E-state index in [-0.39, 0.29) is 17.2 Å². The van der Waals surface area contributed by atoms with Crippen molar-refractivity contribution in [1.82, 2.24) is 9.47 Å². The lowest BCUT2D eigenvalue weighted by Gasteiger charge is -2.29. The number of halogens is 2. The lowest BCUT2D eigenvalue weighted by molar-refractivity contribution is -0.127. The molecule has 188 valence electrons. The predicted octanol–water partition coefficient (Wildman–Crippen LogP) is 4.08. The smallest absolute Gasteiger partial charge is 0.271 e. The van der Waals surface area contributed by atoms with E-state index < -0.39 is 6.04 Å². The van der Waals surface area contributed by atoms with E-state index in [2.05, 4.69) is 4.99 Å². The third kappa shape index (κ3) is 4.83. The quantitative estimate of drug-likeness (QED) is 0.413. The van der Waals surface area contributed by atoms with Crippen molar-refractivity contribution in [3.05, 3.63) is 87.1 Å². The molecule has 2 heterocycles. The van der Waals surface area contributed by atoms with Crippen LogP contribution in [0, 0.1) is 3.57 Å². The van der Waals surface area contributed by atoms with Gasteiger partial charge >= 0.3 is 0 Å². The monoisotopic (exact) mass is 637 g/mol. The SMILES string of the molecule is CCN(CC)C(=O)C1=C(C)N=c2s/c(=C/c3cc(I)c(O)c(OC)c3)c(=O)n2[C@@H]1c1ccc(Cl)cc1. The van der Waals surface area contributed by atoms with Crippen LogP contribution in [0.2, 0.25) is 5.02 Å². The van der Waals surface area contributed by atoms with E-state index in [0.717, 1.165) is 5.56 Å². The van der Waals surface area contributed by atoms with Crippen molar-refractivity contribution in [3.8, 4) is 11.5 Å². The molecule has 0 saturated heterocycles. The van der Waals surface area contributed by atoms with Crippen LogP contribution in [0.3, 0.4) is 0 Å². The molecule has 10 heteroatoms. The third-order valence-electron chi connectivity index (χ3n) is 6.06. The average molecular weight is 638 g/mol. The van der Waals surface area contributed by atoms with Crippen molar-refractivity contribution in [2.45, 2.75) is 26.8 Å². The Hall–Kier alpha value is -2.63. The maximum atomic E-state index is 13.8. The number of hydrogen-bond acceptors (Lipinski definition) is 6. The van der Waals surface area contributed by atoms with E-state index in [1.807, 2.05) is 55.5 Å². The number of benzene rings is 2. The van der Waals surface area contributed by atoms with Crippen LogP contribution in [0.5, 0.6) is 11.5 Å². The van der Waals surface area contributed by atoms with E-state index in [1.54, 1.807) is 39.8 Å². The molecule has 36 heavy (non-hydrogen) atoms. The van der Waals surface area contributed by atoms with Crippen LogP contribution < -0.4 is 19.6 Å². The van der Waals surface area contributed by atoms with Crippen LogP contribution in [-0.4, -0.2) is 40.7 Å². The molecule has 0 radical (unpaired) electrons. The summed E-state index contributed by atoms with van der Waals surface area (Å²) in [4.78, 5) is 34.3. The molecule has 1 aliphatic rings. The molecule has 0 aliphatic carbocycles. The summed E-state index contributed by atoms with van der Waals surface area (Å²) < 4.78 is 7.92. The zero-order chi connectivity index (χ0) is 26.1. The number of thiazole rings is 1. The fraction of sp³-hybridized carbons (Fsp3) is 0.269. The molecule has 1 aromatic heterocycles. The summed E-state index contributed by atoms with van der Waals surface area (Å²) in [6.45, 7) is 6.76. The summed E-state index contributed by atoms with van der Waals surface area (Å²) >= 11 is 9.42. The molecular formula is C26H25ClIN3O4S. The molecule has 2 aromatic carbocycles. The standard InChI is InChI=1S/C26H25ClIN3O4S/c1-5-30(6-2)25(34)21-14(3)29-26-31(22(21)16-7-9-17(27)10-8-16)24(33)20(36-26)13-15-11-18(28)23(32)19(12-15)35-4/h7-13,22,32H,5-6H2,1-4H3/b20-13+/t22-/m1/s1. The van der Waals surface area contributed by atoms with E-state index in [1.165, 1.54) is 18.4 Å². The fourth-order valence-corrected chi connectivity index (χ4v) is 6.02. The van der Waals surface area contributed by atoms with Crippen LogP contribution in [0.4, 0.5) is 0 Å². The van der Waals surface area contributed by atoms with E-state index in [9.17, 15) is 14.7 Å². The zero-order valence-electron chi connectivity index (χ0n) is 20.2. The Morgan fingerprint density at radius 3 is 2.56 bits per heavy atom. The van der Waals surface area contributed by atoms with Gasteiger partial charge in [0, 0.05) is 18.1 Å². The van der Waals surface area contributed by atoms with E-state index in [0.29, 0.717) is 53.6 Å². The zero-order valence-corrected chi connectivity index (χ0v) is 23.9. The van der Waals surface area contributed by atoms with E-state index >= 15 is 0 Å². The van der Waals surface area contributed by atoms with Crippen LogP contribution in [0.1, 0.15) is 37.9 Å². The summed E-state index contributed by atoms with van der Waals surface area (Å²) in [6.07, 6.45) is 1.75. The number of fused-ring (bicyclic) bond motifs is 1. The first-order valence-electron chi connectivity index (χ1n) is 11.3. The molecule has 4 rings (SSSR count). The second-order valence-electron chi connectivity index (χ2n) is 8.16. The average Bonchev–Trinajstić information content (AvgIpc) is 3.15. The largest absolute Gasteiger partial charge is 0.504 e. The highest BCUT2D eigenvalue weighted by Gasteiger charge is 2.34. The van der Waals surface area contributed by atoms with Crippen molar-refractivity contribution in [2.75, 3.05) is 20.2 Å². The minimum Gasteiger partial charge on any atom is -0.504 e. The van der Waals surface area contributed by atoms with Gasteiger partial charge in [0.05, 0.1) is 32.5 Å². The van der Waals surface area contributed by atoms with Gasteiger partial charge in [-0.1, -0.05) is 35.1 Å². The van der Waals surface area contributed by atoms with E-state index in [4.69, 9.17) is 16.3 Å². The molecule has 0 saturated carbocycles. The Bertz CT molecular complexity index is 1540. The minimum atomic E-state index is -0.636. The van der Waals surface area contributed by atoms with Crippen LogP contribution in [0.15, 0.2) is 57.5 Å². The van der Waals surface area contributed by atoms with Crippen molar-refractivity contribution in [3.63, 3.8) is 0 Å². The number of likely N-dealkylation sites (N-methyl/N-ethyl adjacent to an activating group) is 1. The predicted molar refractivity (Wildman–Crippen MR) is 151 cm³/mol. The molecule has 1 N–H and O–H groups in total. The molecule has 3 aromatic rings. The molecule has 1 atom stereocenters. The fourth-order valence-electron chi connectivity index (χ4n) is 4.22. The Kier molecular flexibility index (Phi) is 7.91. The number of aromatic hydroxyl groups is 1. The third-order valence-corrected chi connectivity index (χ3v) is 8.11. The van der Waals surface area contributed by atoms with Gasteiger partial charge in [-0.25, -0.2) is 4.99 Å². The first kappa shape index (κ1) is 26.4. The Morgan fingerprint density at radius 1 is 1.28 bits per heavy atom. The Morgan fingerprint density at radius 2 is 1.94 bits per heavy atom. The maximum absolute atomic E-state index is 13.8. The molecule has 7 nitrogen and oxygen atoms in total. The van der Waals surface area contributed by atoms with Crippen LogP contribution in [0.25, 0.3) is 6.08 Å². The van der Waals surface area contributed by atoms with Crippen LogP contribution >= 0.6 is 45.5 Å². The number of ether oxygens (including phenoxy) is 1. The number of carbonyl (C=O) groups excluding carboxylic acids is 1. The van der Waals surface area contributed by atoms with Gasteiger partial charge in [0.15, 0.2) is 16.3 Å². The van der Waals surface area contributed by atoms with Gasteiger partial charge < -0.3 is 14.7 Å². The van der Waals surface area contributed by atoms with Gasteiger partial charge in [0.2, 0.25) is 0 Å². The van der Waals surface area contributed by atoms with Crippen LogP contribution in [-0.2, 0) is 4.79 Å². The second kappa shape index (κ2) is 10.8. The number of allylic oxidation sites excluding steroid dienone is 1. The number of amides is 1. The summed E-state index contributed by atoms with van der Waals surface area (Å²) in [7, 11) is 1.48. The highest BCUT2D eigenvalue weighted by molar-refractivity contribution is 14.1. The Labute approximate surface area is 231 Å². The number of rotatable bonds is 6. The van der Waals surface area contributed by atoms with Gasteiger partial charge in [0.25, 0.3) is 11.5 Å². The van der Waals surface area contributed by atoms with Gasteiger partial charge in [0.1, 0.15) is 0 Å². The second-order valence-corrected chi connectivity index (χ2v) is 10.8. The Balaban J connectivity index is 1.96. The van der Waals surface area contributed by atoms with Crippen molar-refractivity contribution >= 4 is 57.5 Å². The number of hydrogen-bond donors (Lipinski definition) is 1. The number of nitrogens with zero attached hydrogens (tertiary/aromatic N) is 3. The minimum absolute atomic E-state index is 0.0506. The number of aromatic nitrogens is 1. The topological polar surface area (TPSA) is 84.1 Å². The maximum Gasteiger partial charge on any atom is 0.271 e. The summed E-state index contributed by atoms with van der Waals surface area (Å²) in [6, 6.07) is 10.00. The van der Waals surface area contributed by atoms with Gasteiger partial charge in [-0.15, -0.1) is 0 Å². The number of phenolic OH excluding ortho intramolecular Hbond substituents is 1.